The summed E-state index contributed by atoms with van der Waals surface area (Å²) in [5.41, 5.74) is 0. The lowest BCUT2D eigenvalue weighted by Gasteiger charge is -2.21. The molecule has 0 aliphatic rings. The van der Waals surface area contributed by atoms with E-state index in [-0.39, 0.29) is 0 Å². The van der Waals surface area contributed by atoms with Crippen LogP contribution in [0.25, 0.3) is 0 Å². The predicted molar refractivity (Wildman–Crippen MR) is 42.8 cm³/mol. The molecule has 0 atom stereocenters. The molecule has 0 heterocycles. The number of halogens is 1. The number of hydrogen-bond donors (Lipinski definition) is 0. The van der Waals surface area contributed by atoms with Gasteiger partial charge in [0.25, 0.3) is 0 Å². The third kappa shape index (κ3) is 3.59. The zero-order valence-corrected chi connectivity index (χ0v) is 8.63. The molecule has 0 N–H and O–H groups in total. The highest BCUT2D eigenvalue weighted by Gasteiger charge is 2.46. The van der Waals surface area contributed by atoms with Gasteiger partial charge >= 0.3 is 9.05 Å². The van der Waals surface area contributed by atoms with Crippen LogP contribution in [0.5, 0.6) is 0 Å². The summed E-state index contributed by atoms with van der Waals surface area (Å²) in [4.78, 5) is 0. The summed E-state index contributed by atoms with van der Waals surface area (Å²) in [6.07, 6.45) is 0. The first-order chi connectivity index (χ1) is 5.74. The van der Waals surface area contributed by atoms with E-state index in [9.17, 15) is 4.53 Å². The minimum Gasteiger partial charge on any atom is -0.350 e. The molecule has 0 aromatic carbocycles. The van der Waals surface area contributed by atoms with Gasteiger partial charge in [-0.15, -0.1) is 0 Å². The Kier molecular flexibility index (Phi) is 6.49. The van der Waals surface area contributed by atoms with Crippen LogP contribution in [0.4, 0.5) is 4.53 Å². The molecule has 0 saturated heterocycles. The van der Waals surface area contributed by atoms with Gasteiger partial charge in [0, 0.05) is 19.8 Å². The summed E-state index contributed by atoms with van der Waals surface area (Å²) in [6.45, 7) is 6.07. The highest BCUT2D eigenvalue weighted by Crippen LogP contribution is 2.11. The molecule has 0 radical (unpaired) electrons. The van der Waals surface area contributed by atoms with E-state index in [1.54, 1.807) is 20.8 Å². The van der Waals surface area contributed by atoms with Gasteiger partial charge in [0.2, 0.25) is 0 Å². The van der Waals surface area contributed by atoms with Gasteiger partial charge in [-0.05, 0) is 20.8 Å². The Bertz CT molecular complexity index is 96.7. The van der Waals surface area contributed by atoms with E-state index in [0.29, 0.717) is 19.8 Å². The van der Waals surface area contributed by atoms with Crippen LogP contribution >= 0.6 is 0 Å². The molecule has 0 amide bonds. The Balaban J connectivity index is 4.06. The van der Waals surface area contributed by atoms with Gasteiger partial charge in [-0.3, -0.25) is 0 Å². The Hall–Kier alpha value is -0.0131. The zero-order valence-electron chi connectivity index (χ0n) is 7.63. The molecule has 0 unspecified atom stereocenters. The summed E-state index contributed by atoms with van der Waals surface area (Å²) >= 11 is 0. The molecule has 0 aliphatic carbocycles. The standard InChI is InChI=1S/C6H15FO4Si/c1-4-8-12(11-7,9-5-2)10-6-3/h4-6H2,1-3H3. The van der Waals surface area contributed by atoms with Crippen molar-refractivity contribution in [3.63, 3.8) is 0 Å². The highest BCUT2D eigenvalue weighted by atomic mass is 28.4. The first-order valence-corrected chi connectivity index (χ1v) is 5.59. The van der Waals surface area contributed by atoms with Crippen LogP contribution in [0.2, 0.25) is 0 Å². The maximum Gasteiger partial charge on any atom is 0.712 e. The molecule has 0 aliphatic heterocycles. The van der Waals surface area contributed by atoms with E-state index in [2.05, 4.69) is 4.63 Å². The molecular formula is C6H15FO4Si. The van der Waals surface area contributed by atoms with Gasteiger partial charge in [-0.2, -0.15) is 4.63 Å². The second kappa shape index (κ2) is 6.50. The lowest BCUT2D eigenvalue weighted by Crippen LogP contribution is -2.47. The highest BCUT2D eigenvalue weighted by molar-refractivity contribution is 6.53. The second-order valence-electron chi connectivity index (χ2n) is 1.88. The summed E-state index contributed by atoms with van der Waals surface area (Å²) in [5.74, 6) is 0. The van der Waals surface area contributed by atoms with Crippen molar-refractivity contribution in [2.24, 2.45) is 0 Å². The fourth-order valence-corrected chi connectivity index (χ4v) is 2.17. The van der Waals surface area contributed by atoms with Crippen LogP contribution in [0.1, 0.15) is 20.8 Å². The van der Waals surface area contributed by atoms with Crippen LogP contribution in [0.3, 0.4) is 0 Å². The van der Waals surface area contributed by atoms with Crippen LogP contribution in [0.15, 0.2) is 0 Å². The summed E-state index contributed by atoms with van der Waals surface area (Å²) < 4.78 is 30.6. The molecule has 0 fully saturated rings. The van der Waals surface area contributed by atoms with Crippen molar-refractivity contribution in [1.82, 2.24) is 0 Å². The van der Waals surface area contributed by atoms with E-state index >= 15 is 0 Å². The molecule has 6 heteroatoms. The van der Waals surface area contributed by atoms with Crippen molar-refractivity contribution in [2.45, 2.75) is 20.8 Å². The van der Waals surface area contributed by atoms with Crippen LogP contribution < -0.4 is 0 Å². The van der Waals surface area contributed by atoms with E-state index in [1.165, 1.54) is 0 Å². The van der Waals surface area contributed by atoms with Crippen molar-refractivity contribution in [1.29, 1.82) is 0 Å². The van der Waals surface area contributed by atoms with Crippen LogP contribution in [0, 0.1) is 0 Å². The van der Waals surface area contributed by atoms with Gasteiger partial charge in [0.15, 0.2) is 0 Å². The topological polar surface area (TPSA) is 36.9 Å². The van der Waals surface area contributed by atoms with Crippen molar-refractivity contribution in [2.75, 3.05) is 19.8 Å². The molecule has 74 valence electrons. The maximum atomic E-state index is 12.1. The molecule has 4 nitrogen and oxygen atoms in total. The van der Waals surface area contributed by atoms with Gasteiger partial charge in [0.1, 0.15) is 0 Å². The lowest BCUT2D eigenvalue weighted by molar-refractivity contribution is -0.145. The fourth-order valence-electron chi connectivity index (χ4n) is 0.722. The third-order valence-corrected chi connectivity index (χ3v) is 3.17. The first kappa shape index (κ1) is 12.0. The molecule has 0 saturated carbocycles. The largest absolute Gasteiger partial charge is 0.712 e. The second-order valence-corrected chi connectivity index (χ2v) is 3.90. The van der Waals surface area contributed by atoms with Gasteiger partial charge in [-0.1, -0.05) is 4.53 Å². The summed E-state index contributed by atoms with van der Waals surface area (Å²) in [5, 5.41) is 0. The molecule has 0 aromatic rings. The fraction of sp³-hybridized carbons (Fsp3) is 1.00. The Morgan fingerprint density at radius 1 is 0.917 bits per heavy atom. The van der Waals surface area contributed by atoms with Gasteiger partial charge in [-0.25, -0.2) is 0 Å². The van der Waals surface area contributed by atoms with E-state index < -0.39 is 9.05 Å². The van der Waals surface area contributed by atoms with Crippen molar-refractivity contribution in [3.05, 3.63) is 0 Å². The smallest absolute Gasteiger partial charge is 0.350 e. The van der Waals surface area contributed by atoms with Crippen molar-refractivity contribution >= 4 is 9.05 Å². The van der Waals surface area contributed by atoms with Gasteiger partial charge in [0.05, 0.1) is 0 Å². The molecule has 12 heavy (non-hydrogen) atoms. The van der Waals surface area contributed by atoms with E-state index in [4.69, 9.17) is 13.3 Å². The monoisotopic (exact) mass is 198 g/mol. The first-order valence-electron chi connectivity index (χ1n) is 3.96. The number of rotatable bonds is 7. The predicted octanol–water partition coefficient (Wildman–Crippen LogP) is 1.43. The van der Waals surface area contributed by atoms with E-state index in [1.807, 2.05) is 0 Å². The minimum absolute atomic E-state index is 0.302. The van der Waals surface area contributed by atoms with E-state index in [0.717, 1.165) is 0 Å². The lowest BCUT2D eigenvalue weighted by atomic mass is 10.9. The van der Waals surface area contributed by atoms with Crippen molar-refractivity contribution in [3.8, 4) is 0 Å². The Morgan fingerprint density at radius 3 is 1.42 bits per heavy atom. The average Bonchev–Trinajstić information content (AvgIpc) is 2.06. The average molecular weight is 198 g/mol. The third-order valence-electron chi connectivity index (χ3n) is 1.06. The molecule has 0 rings (SSSR count). The van der Waals surface area contributed by atoms with Gasteiger partial charge < -0.3 is 13.3 Å². The summed E-state index contributed by atoms with van der Waals surface area (Å²) in [6, 6.07) is 0. The number of hydrogen-bond acceptors (Lipinski definition) is 4. The minimum atomic E-state index is -3.44. The Labute approximate surface area is 73.0 Å². The molecular weight excluding hydrogens is 183 g/mol. The maximum absolute atomic E-state index is 12.1. The Morgan fingerprint density at radius 2 is 1.25 bits per heavy atom. The molecule has 0 bridgehead atoms. The molecule has 0 spiro atoms. The van der Waals surface area contributed by atoms with Crippen molar-refractivity contribution < 1.29 is 22.4 Å². The normalized spacial score (nSPS) is 12.0. The summed E-state index contributed by atoms with van der Waals surface area (Å²) in [7, 11) is -3.44. The molecule has 0 aromatic heterocycles. The van der Waals surface area contributed by atoms with Crippen LogP contribution in [-0.2, 0) is 17.9 Å². The zero-order chi connectivity index (χ0) is 9.45. The van der Waals surface area contributed by atoms with Crippen LogP contribution in [-0.4, -0.2) is 28.9 Å². The quantitative estimate of drug-likeness (QED) is 0.580. The SMILES string of the molecule is CCO[Si](OF)(OCC)OCC.